The lowest BCUT2D eigenvalue weighted by atomic mass is 10.1. The number of amides is 1. The number of carbonyl (C=O) groups excluding carboxylic acids is 1. The highest BCUT2D eigenvalue weighted by atomic mass is 16.4. The van der Waals surface area contributed by atoms with E-state index in [9.17, 15) is 14.4 Å². The molecule has 1 aromatic carbocycles. The van der Waals surface area contributed by atoms with Crippen LogP contribution in [-0.2, 0) is 27.2 Å². The van der Waals surface area contributed by atoms with Gasteiger partial charge < -0.3 is 15.1 Å². The molecule has 2 N–H and O–H groups in total. The molecule has 114 valence electrons. The lowest BCUT2D eigenvalue weighted by Gasteiger charge is -2.18. The normalized spacial score (nSPS) is 10.1. The molecule has 0 aliphatic carbocycles. The minimum Gasteiger partial charge on any atom is -0.480 e. The second kappa shape index (κ2) is 8.04. The van der Waals surface area contributed by atoms with Crippen molar-refractivity contribution in [3.05, 3.63) is 35.4 Å². The van der Waals surface area contributed by atoms with Gasteiger partial charge in [0.15, 0.2) is 0 Å². The van der Waals surface area contributed by atoms with E-state index in [1.807, 2.05) is 31.2 Å². The third-order valence-corrected chi connectivity index (χ3v) is 3.06. The second-order valence-electron chi connectivity index (χ2n) is 4.71. The predicted molar refractivity (Wildman–Crippen MR) is 76.0 cm³/mol. The van der Waals surface area contributed by atoms with Gasteiger partial charge in [-0.2, -0.15) is 0 Å². The minimum absolute atomic E-state index is 0.0893. The van der Waals surface area contributed by atoms with Gasteiger partial charge in [-0.05, 0) is 24.0 Å². The van der Waals surface area contributed by atoms with Crippen LogP contribution in [0, 0.1) is 0 Å². The number of carboxylic acids is 2. The highest BCUT2D eigenvalue weighted by Crippen LogP contribution is 2.08. The van der Waals surface area contributed by atoms with E-state index < -0.39 is 30.9 Å². The molecule has 0 aromatic heterocycles. The molecule has 0 saturated heterocycles. The van der Waals surface area contributed by atoms with Gasteiger partial charge in [0, 0.05) is 6.42 Å². The fraction of sp³-hybridized carbons (Fsp3) is 0.400. The predicted octanol–water partition coefficient (Wildman–Crippen LogP) is 1.18. The largest absolute Gasteiger partial charge is 0.480 e. The Morgan fingerprint density at radius 2 is 1.43 bits per heavy atom. The van der Waals surface area contributed by atoms with E-state index in [0.29, 0.717) is 6.42 Å². The Labute approximate surface area is 123 Å². The summed E-state index contributed by atoms with van der Waals surface area (Å²) in [7, 11) is 0. The van der Waals surface area contributed by atoms with Gasteiger partial charge in [-0.3, -0.25) is 14.4 Å². The number of aliphatic carboxylic acids is 2. The van der Waals surface area contributed by atoms with Gasteiger partial charge in [-0.1, -0.05) is 31.2 Å². The van der Waals surface area contributed by atoms with Crippen LogP contribution in [0.3, 0.4) is 0 Å². The highest BCUT2D eigenvalue weighted by molar-refractivity contribution is 5.85. The first-order chi connectivity index (χ1) is 9.92. The highest BCUT2D eigenvalue weighted by Gasteiger charge is 2.19. The standard InChI is InChI=1S/C15H19NO5/c1-2-11-3-5-12(6-4-11)7-8-13(17)16(9-14(18)19)10-15(20)21/h3-6H,2,7-10H2,1H3,(H,18,19)(H,20,21). The molecule has 0 aliphatic heterocycles. The van der Waals surface area contributed by atoms with E-state index in [1.165, 1.54) is 5.56 Å². The van der Waals surface area contributed by atoms with Crippen LogP contribution in [0.5, 0.6) is 0 Å². The first kappa shape index (κ1) is 16.7. The average molecular weight is 293 g/mol. The van der Waals surface area contributed by atoms with Crippen molar-refractivity contribution in [3.63, 3.8) is 0 Å². The number of hydrogen-bond donors (Lipinski definition) is 2. The van der Waals surface area contributed by atoms with Gasteiger partial charge in [-0.15, -0.1) is 0 Å². The summed E-state index contributed by atoms with van der Waals surface area (Å²) in [6, 6.07) is 7.80. The summed E-state index contributed by atoms with van der Waals surface area (Å²) >= 11 is 0. The monoisotopic (exact) mass is 293 g/mol. The quantitative estimate of drug-likeness (QED) is 0.750. The lowest BCUT2D eigenvalue weighted by Crippen LogP contribution is -2.39. The lowest BCUT2D eigenvalue weighted by molar-refractivity contribution is -0.149. The van der Waals surface area contributed by atoms with E-state index in [-0.39, 0.29) is 6.42 Å². The van der Waals surface area contributed by atoms with Crippen molar-refractivity contribution in [2.24, 2.45) is 0 Å². The summed E-state index contributed by atoms with van der Waals surface area (Å²) in [5, 5.41) is 17.4. The summed E-state index contributed by atoms with van der Waals surface area (Å²) in [5.74, 6) is -2.92. The molecule has 0 fully saturated rings. The summed E-state index contributed by atoms with van der Waals surface area (Å²) in [6.45, 7) is 0.855. The molecule has 0 spiro atoms. The zero-order chi connectivity index (χ0) is 15.8. The van der Waals surface area contributed by atoms with Crippen molar-refractivity contribution < 1.29 is 24.6 Å². The molecule has 0 unspecified atom stereocenters. The number of hydrogen-bond acceptors (Lipinski definition) is 3. The topological polar surface area (TPSA) is 94.9 Å². The van der Waals surface area contributed by atoms with Gasteiger partial charge in [0.05, 0.1) is 0 Å². The minimum atomic E-state index is -1.23. The van der Waals surface area contributed by atoms with Crippen molar-refractivity contribution in [2.75, 3.05) is 13.1 Å². The Kier molecular flexibility index (Phi) is 6.39. The van der Waals surface area contributed by atoms with E-state index in [0.717, 1.165) is 16.9 Å². The van der Waals surface area contributed by atoms with Crippen molar-refractivity contribution in [1.29, 1.82) is 0 Å². The van der Waals surface area contributed by atoms with Crippen LogP contribution in [0.15, 0.2) is 24.3 Å². The van der Waals surface area contributed by atoms with Gasteiger partial charge >= 0.3 is 11.9 Å². The van der Waals surface area contributed by atoms with Crippen LogP contribution < -0.4 is 0 Å². The zero-order valence-corrected chi connectivity index (χ0v) is 11.9. The Morgan fingerprint density at radius 1 is 0.952 bits per heavy atom. The number of nitrogens with zero attached hydrogens (tertiary/aromatic N) is 1. The van der Waals surface area contributed by atoms with Gasteiger partial charge in [0.2, 0.25) is 5.91 Å². The van der Waals surface area contributed by atoms with Gasteiger partial charge in [0.1, 0.15) is 13.1 Å². The number of aryl methyl sites for hydroxylation is 2. The smallest absolute Gasteiger partial charge is 0.323 e. The number of carboxylic acid groups (broad SMARTS) is 2. The van der Waals surface area contributed by atoms with Crippen LogP contribution >= 0.6 is 0 Å². The molecule has 0 heterocycles. The fourth-order valence-corrected chi connectivity index (χ4v) is 1.91. The SMILES string of the molecule is CCc1ccc(CCC(=O)N(CC(=O)O)CC(=O)O)cc1. The van der Waals surface area contributed by atoms with Crippen molar-refractivity contribution in [1.82, 2.24) is 4.90 Å². The molecule has 0 bridgehead atoms. The fourth-order valence-electron chi connectivity index (χ4n) is 1.91. The molecule has 21 heavy (non-hydrogen) atoms. The molecular weight excluding hydrogens is 274 g/mol. The second-order valence-corrected chi connectivity index (χ2v) is 4.71. The van der Waals surface area contributed by atoms with Crippen LogP contribution in [0.1, 0.15) is 24.5 Å². The molecule has 6 nitrogen and oxygen atoms in total. The molecule has 1 rings (SSSR count). The van der Waals surface area contributed by atoms with E-state index >= 15 is 0 Å². The molecule has 1 amide bonds. The summed E-state index contributed by atoms with van der Waals surface area (Å²) in [6.07, 6.45) is 1.48. The van der Waals surface area contributed by atoms with Crippen LogP contribution in [0.4, 0.5) is 0 Å². The van der Waals surface area contributed by atoms with Crippen LogP contribution in [0.2, 0.25) is 0 Å². The third-order valence-electron chi connectivity index (χ3n) is 3.06. The Morgan fingerprint density at radius 3 is 1.86 bits per heavy atom. The van der Waals surface area contributed by atoms with Crippen LogP contribution in [-0.4, -0.2) is 46.0 Å². The Bertz CT molecular complexity index is 493. The van der Waals surface area contributed by atoms with Gasteiger partial charge in [-0.25, -0.2) is 0 Å². The maximum absolute atomic E-state index is 11.9. The summed E-state index contributed by atoms with van der Waals surface area (Å²) in [4.78, 5) is 34.1. The van der Waals surface area contributed by atoms with Crippen molar-refractivity contribution in [3.8, 4) is 0 Å². The maximum Gasteiger partial charge on any atom is 0.323 e. The van der Waals surface area contributed by atoms with E-state index in [2.05, 4.69) is 0 Å². The molecule has 0 atom stereocenters. The van der Waals surface area contributed by atoms with E-state index in [1.54, 1.807) is 0 Å². The first-order valence-corrected chi connectivity index (χ1v) is 6.71. The van der Waals surface area contributed by atoms with Crippen molar-refractivity contribution in [2.45, 2.75) is 26.2 Å². The molecule has 1 aromatic rings. The zero-order valence-electron chi connectivity index (χ0n) is 11.9. The van der Waals surface area contributed by atoms with Crippen LogP contribution in [0.25, 0.3) is 0 Å². The molecule has 0 radical (unpaired) electrons. The van der Waals surface area contributed by atoms with Crippen molar-refractivity contribution >= 4 is 17.8 Å². The number of carbonyl (C=O) groups is 3. The first-order valence-electron chi connectivity index (χ1n) is 6.71. The number of benzene rings is 1. The molecule has 0 aliphatic rings. The summed E-state index contributed by atoms with van der Waals surface area (Å²) in [5.41, 5.74) is 2.16. The summed E-state index contributed by atoms with van der Waals surface area (Å²) < 4.78 is 0. The third kappa shape index (κ3) is 6.07. The molecule has 6 heteroatoms. The number of rotatable bonds is 8. The maximum atomic E-state index is 11.9. The Balaban J connectivity index is 2.59. The Hall–Kier alpha value is -2.37. The molecule has 0 saturated carbocycles. The average Bonchev–Trinajstić information content (AvgIpc) is 2.43. The van der Waals surface area contributed by atoms with E-state index in [4.69, 9.17) is 10.2 Å². The molecular formula is C15H19NO5. The van der Waals surface area contributed by atoms with Gasteiger partial charge in [0.25, 0.3) is 0 Å².